The molecule has 0 radical (unpaired) electrons. The molecule has 1 atom stereocenters. The number of nitrogens with zero attached hydrogens (tertiary/aromatic N) is 2. The first-order valence-corrected chi connectivity index (χ1v) is 9.78. The summed E-state index contributed by atoms with van der Waals surface area (Å²) in [5.41, 5.74) is 2.17. The number of methoxy groups -OCH3 is 1. The van der Waals surface area contributed by atoms with Gasteiger partial charge in [0.25, 0.3) is 0 Å². The van der Waals surface area contributed by atoms with Crippen LogP contribution in [0.5, 0.6) is 11.5 Å². The maximum absolute atomic E-state index is 5.93. The van der Waals surface area contributed by atoms with Gasteiger partial charge >= 0.3 is 0 Å². The Kier molecular flexibility index (Phi) is 11.5. The van der Waals surface area contributed by atoms with Crippen molar-refractivity contribution in [1.29, 1.82) is 0 Å². The second-order valence-electron chi connectivity index (χ2n) is 6.66. The lowest BCUT2D eigenvalue weighted by atomic mass is 10.1. The van der Waals surface area contributed by atoms with Crippen molar-refractivity contribution in [2.75, 3.05) is 26.7 Å². The third kappa shape index (κ3) is 8.51. The van der Waals surface area contributed by atoms with Gasteiger partial charge in [0.15, 0.2) is 5.96 Å². The summed E-state index contributed by atoms with van der Waals surface area (Å²) in [7, 11) is 1.65. The van der Waals surface area contributed by atoms with Gasteiger partial charge in [-0.25, -0.2) is 4.99 Å². The van der Waals surface area contributed by atoms with Gasteiger partial charge in [0.1, 0.15) is 23.4 Å². The fourth-order valence-corrected chi connectivity index (χ4v) is 2.84. The van der Waals surface area contributed by atoms with Crippen molar-refractivity contribution in [3.8, 4) is 11.5 Å². The van der Waals surface area contributed by atoms with Crippen LogP contribution in [0, 0.1) is 13.8 Å². The Labute approximate surface area is 190 Å². The molecule has 0 spiro atoms. The molecule has 29 heavy (non-hydrogen) atoms. The van der Waals surface area contributed by atoms with Crippen molar-refractivity contribution in [3.05, 3.63) is 41.3 Å². The highest BCUT2D eigenvalue weighted by Crippen LogP contribution is 2.20. The first-order valence-electron chi connectivity index (χ1n) is 9.78. The molecule has 0 fully saturated rings. The van der Waals surface area contributed by atoms with E-state index in [9.17, 15) is 0 Å². The molecule has 0 bridgehead atoms. The third-order valence-corrected chi connectivity index (χ3v) is 4.31. The van der Waals surface area contributed by atoms with Crippen molar-refractivity contribution >= 4 is 29.9 Å². The predicted octanol–water partition coefficient (Wildman–Crippen LogP) is 3.87. The molecule has 0 aliphatic rings. The molecule has 0 amide bonds. The zero-order valence-electron chi connectivity index (χ0n) is 17.9. The van der Waals surface area contributed by atoms with Crippen LogP contribution in [0.25, 0.3) is 0 Å². The van der Waals surface area contributed by atoms with Gasteiger partial charge in [-0.15, -0.1) is 24.0 Å². The number of aryl methyl sites for hydroxylation is 2. The van der Waals surface area contributed by atoms with E-state index in [-0.39, 0.29) is 30.1 Å². The first kappa shape index (κ1) is 25.1. The summed E-state index contributed by atoms with van der Waals surface area (Å²) >= 11 is 0. The van der Waals surface area contributed by atoms with Crippen molar-refractivity contribution in [1.82, 2.24) is 15.8 Å². The zero-order valence-corrected chi connectivity index (χ0v) is 20.3. The molecule has 1 unspecified atom stereocenters. The second kappa shape index (κ2) is 13.3. The maximum Gasteiger partial charge on any atom is 0.191 e. The Morgan fingerprint density at radius 3 is 2.66 bits per heavy atom. The van der Waals surface area contributed by atoms with Crippen molar-refractivity contribution < 1.29 is 14.0 Å². The number of aliphatic imine (C=N–C) groups is 1. The van der Waals surface area contributed by atoms with E-state index in [2.05, 4.69) is 27.7 Å². The molecular formula is C21H33IN4O3. The summed E-state index contributed by atoms with van der Waals surface area (Å²) in [6, 6.07) is 7.60. The van der Waals surface area contributed by atoms with Crippen molar-refractivity contribution in [2.45, 2.75) is 46.6 Å². The molecule has 162 valence electrons. The average molecular weight is 516 g/mol. The maximum atomic E-state index is 5.93. The molecule has 1 aromatic heterocycles. The van der Waals surface area contributed by atoms with Crippen LogP contribution >= 0.6 is 24.0 Å². The van der Waals surface area contributed by atoms with Gasteiger partial charge in [-0.3, -0.25) is 0 Å². The molecule has 2 N–H and O–H groups in total. The number of aromatic nitrogens is 1. The Balaban J connectivity index is 0.00000420. The quantitative estimate of drug-likeness (QED) is 0.216. The van der Waals surface area contributed by atoms with Crippen LogP contribution in [0.4, 0.5) is 0 Å². The van der Waals surface area contributed by atoms with Crippen molar-refractivity contribution in [2.24, 2.45) is 4.99 Å². The number of hydrogen-bond donors (Lipinski definition) is 2. The molecule has 0 saturated heterocycles. The summed E-state index contributed by atoms with van der Waals surface area (Å²) < 4.78 is 16.4. The van der Waals surface area contributed by atoms with Crippen LogP contribution in [-0.2, 0) is 6.42 Å². The summed E-state index contributed by atoms with van der Waals surface area (Å²) in [4.78, 5) is 4.63. The van der Waals surface area contributed by atoms with E-state index in [1.54, 1.807) is 7.11 Å². The van der Waals surface area contributed by atoms with Gasteiger partial charge in [0.05, 0.1) is 19.3 Å². The number of guanidine groups is 1. The summed E-state index contributed by atoms with van der Waals surface area (Å²) in [6.07, 6.45) is 1.86. The summed E-state index contributed by atoms with van der Waals surface area (Å²) in [5, 5.41) is 10.6. The van der Waals surface area contributed by atoms with E-state index >= 15 is 0 Å². The second-order valence-corrected chi connectivity index (χ2v) is 6.66. The SMILES string of the molecule is CCNC(=NCC(C)Oc1cccc(OC)c1)NCCCc1c(C)noc1C.I. The monoisotopic (exact) mass is 516 g/mol. The van der Waals surface area contributed by atoms with Gasteiger partial charge in [0, 0.05) is 24.7 Å². The molecule has 2 rings (SSSR count). The molecule has 1 aromatic carbocycles. The van der Waals surface area contributed by atoms with Crippen LogP contribution in [-0.4, -0.2) is 44.0 Å². The van der Waals surface area contributed by atoms with E-state index in [0.717, 1.165) is 54.8 Å². The minimum Gasteiger partial charge on any atom is -0.497 e. The lowest BCUT2D eigenvalue weighted by molar-refractivity contribution is 0.229. The number of halogens is 1. The van der Waals surface area contributed by atoms with Crippen LogP contribution in [0.1, 0.15) is 37.3 Å². The minimum absolute atomic E-state index is 0. The average Bonchev–Trinajstić information content (AvgIpc) is 3.01. The number of benzene rings is 1. The van der Waals surface area contributed by atoms with Crippen molar-refractivity contribution in [3.63, 3.8) is 0 Å². The van der Waals surface area contributed by atoms with E-state index in [1.165, 1.54) is 5.56 Å². The number of hydrogen-bond acceptors (Lipinski definition) is 5. The van der Waals surface area contributed by atoms with Crippen LogP contribution in [0.2, 0.25) is 0 Å². The molecule has 8 heteroatoms. The molecule has 2 aromatic rings. The first-order chi connectivity index (χ1) is 13.5. The highest BCUT2D eigenvalue weighted by molar-refractivity contribution is 14.0. The topological polar surface area (TPSA) is 80.9 Å². The highest BCUT2D eigenvalue weighted by Gasteiger charge is 2.09. The van der Waals surface area contributed by atoms with Gasteiger partial charge in [-0.1, -0.05) is 11.2 Å². The zero-order chi connectivity index (χ0) is 20.4. The van der Waals surface area contributed by atoms with Gasteiger partial charge in [-0.05, 0) is 52.7 Å². The molecule has 0 aliphatic carbocycles. The summed E-state index contributed by atoms with van der Waals surface area (Å²) in [6.45, 7) is 10.2. The predicted molar refractivity (Wildman–Crippen MR) is 127 cm³/mol. The number of nitrogens with one attached hydrogen (secondary N) is 2. The fraction of sp³-hybridized carbons (Fsp3) is 0.524. The molecule has 7 nitrogen and oxygen atoms in total. The standard InChI is InChI=1S/C21H32N4O3.HI/c1-6-22-21(23-12-8-11-20-16(3)25-28-17(20)4)24-14-15(2)27-19-10-7-9-18(13-19)26-5;/h7,9-10,13,15H,6,8,11-12,14H2,1-5H3,(H2,22,23,24);1H. The van der Waals surface area contributed by atoms with Crippen LogP contribution in [0.15, 0.2) is 33.8 Å². The van der Waals surface area contributed by atoms with E-state index in [4.69, 9.17) is 14.0 Å². The van der Waals surface area contributed by atoms with Gasteiger partial charge in [-0.2, -0.15) is 0 Å². The smallest absolute Gasteiger partial charge is 0.191 e. The largest absolute Gasteiger partial charge is 0.497 e. The molecule has 1 heterocycles. The Bertz CT molecular complexity index is 745. The van der Waals surface area contributed by atoms with E-state index in [1.807, 2.05) is 45.0 Å². The Morgan fingerprint density at radius 1 is 1.24 bits per heavy atom. The number of ether oxygens (including phenoxy) is 2. The van der Waals surface area contributed by atoms with Gasteiger partial charge < -0.3 is 24.6 Å². The lowest BCUT2D eigenvalue weighted by Crippen LogP contribution is -2.38. The minimum atomic E-state index is -0.0510. The number of rotatable bonds is 10. The van der Waals surface area contributed by atoms with Crippen LogP contribution in [0.3, 0.4) is 0 Å². The Hall–Kier alpha value is -1.97. The molecule has 0 aliphatic heterocycles. The lowest BCUT2D eigenvalue weighted by Gasteiger charge is -2.15. The van der Waals surface area contributed by atoms with E-state index < -0.39 is 0 Å². The Morgan fingerprint density at radius 2 is 2.00 bits per heavy atom. The van der Waals surface area contributed by atoms with Crippen LogP contribution < -0.4 is 20.1 Å². The summed E-state index contributed by atoms with van der Waals surface area (Å²) in [5.74, 6) is 3.25. The molecular weight excluding hydrogens is 483 g/mol. The fourth-order valence-electron chi connectivity index (χ4n) is 2.84. The highest BCUT2D eigenvalue weighted by atomic mass is 127. The van der Waals surface area contributed by atoms with E-state index in [0.29, 0.717) is 6.54 Å². The van der Waals surface area contributed by atoms with Gasteiger partial charge in [0.2, 0.25) is 0 Å². The molecule has 0 saturated carbocycles. The third-order valence-electron chi connectivity index (χ3n) is 4.31. The normalized spacial score (nSPS) is 12.1.